The predicted octanol–water partition coefficient (Wildman–Crippen LogP) is 1.31. The fourth-order valence-corrected chi connectivity index (χ4v) is 1.33. The molecule has 0 aliphatic rings. The lowest BCUT2D eigenvalue weighted by Gasteiger charge is -2.04. The Morgan fingerprint density at radius 3 is 2.80 bits per heavy atom. The van der Waals surface area contributed by atoms with E-state index in [9.17, 15) is 9.18 Å². The molecule has 5 heteroatoms. The number of nitrogens with zero attached hydrogens (tertiary/aromatic N) is 1. The predicted molar refractivity (Wildman–Crippen MR) is 52.9 cm³/mol. The minimum absolute atomic E-state index is 0.155. The fourth-order valence-electron chi connectivity index (χ4n) is 1.33. The number of rotatable bonds is 2. The summed E-state index contributed by atoms with van der Waals surface area (Å²) in [5, 5.41) is 0. The summed E-state index contributed by atoms with van der Waals surface area (Å²) in [6.45, 7) is 0. The highest BCUT2D eigenvalue weighted by Crippen LogP contribution is 2.18. The minimum Gasteiger partial charge on any atom is -0.494 e. The van der Waals surface area contributed by atoms with Gasteiger partial charge in [0.2, 0.25) is 0 Å². The number of H-pyrrole nitrogens is 1. The van der Waals surface area contributed by atoms with Gasteiger partial charge in [0, 0.05) is 18.5 Å². The van der Waals surface area contributed by atoms with Crippen LogP contribution in [0.25, 0.3) is 5.69 Å². The molecule has 1 aromatic heterocycles. The van der Waals surface area contributed by atoms with Gasteiger partial charge < -0.3 is 9.72 Å². The minimum atomic E-state index is -0.497. The van der Waals surface area contributed by atoms with Gasteiger partial charge in [0.1, 0.15) is 0 Å². The molecule has 0 aliphatic heterocycles. The Labute approximate surface area is 84.9 Å². The zero-order chi connectivity index (χ0) is 10.8. The van der Waals surface area contributed by atoms with Crippen LogP contribution in [0.4, 0.5) is 4.39 Å². The molecule has 0 saturated heterocycles. The van der Waals surface area contributed by atoms with E-state index in [1.807, 2.05) is 0 Å². The normalized spacial score (nSPS) is 10.3. The van der Waals surface area contributed by atoms with Crippen LogP contribution in [0, 0.1) is 5.82 Å². The Morgan fingerprint density at radius 1 is 1.47 bits per heavy atom. The van der Waals surface area contributed by atoms with Gasteiger partial charge in [-0.05, 0) is 12.1 Å². The van der Waals surface area contributed by atoms with E-state index in [4.69, 9.17) is 4.74 Å². The van der Waals surface area contributed by atoms with Crippen molar-refractivity contribution < 1.29 is 9.13 Å². The summed E-state index contributed by atoms with van der Waals surface area (Å²) in [7, 11) is 1.39. The van der Waals surface area contributed by atoms with Crippen LogP contribution in [0.3, 0.4) is 0 Å². The number of nitrogens with one attached hydrogen (secondary N) is 1. The monoisotopic (exact) mass is 208 g/mol. The second kappa shape index (κ2) is 3.61. The molecule has 0 atom stereocenters. The van der Waals surface area contributed by atoms with Crippen LogP contribution >= 0.6 is 0 Å². The van der Waals surface area contributed by atoms with Gasteiger partial charge in [0.15, 0.2) is 11.6 Å². The van der Waals surface area contributed by atoms with Gasteiger partial charge >= 0.3 is 5.69 Å². The van der Waals surface area contributed by atoms with Crippen LogP contribution in [-0.2, 0) is 0 Å². The van der Waals surface area contributed by atoms with E-state index < -0.39 is 5.82 Å². The van der Waals surface area contributed by atoms with Crippen LogP contribution in [0.2, 0.25) is 0 Å². The molecule has 4 nitrogen and oxygen atoms in total. The molecule has 0 bridgehead atoms. The molecule has 0 saturated carbocycles. The summed E-state index contributed by atoms with van der Waals surface area (Å²) >= 11 is 0. The number of benzene rings is 1. The maximum atomic E-state index is 13.3. The zero-order valence-corrected chi connectivity index (χ0v) is 8.03. The first-order valence-corrected chi connectivity index (χ1v) is 4.32. The molecule has 0 fully saturated rings. The quantitative estimate of drug-likeness (QED) is 0.808. The van der Waals surface area contributed by atoms with Gasteiger partial charge in [-0.25, -0.2) is 9.18 Å². The van der Waals surface area contributed by atoms with E-state index in [0.29, 0.717) is 5.69 Å². The number of halogens is 1. The van der Waals surface area contributed by atoms with E-state index in [2.05, 4.69) is 4.98 Å². The molecule has 0 unspecified atom stereocenters. The van der Waals surface area contributed by atoms with Gasteiger partial charge in [-0.15, -0.1) is 0 Å². The molecule has 2 rings (SSSR count). The topological polar surface area (TPSA) is 47.0 Å². The first kappa shape index (κ1) is 9.51. The van der Waals surface area contributed by atoms with E-state index in [1.54, 1.807) is 6.07 Å². The third-order valence-corrected chi connectivity index (χ3v) is 2.06. The summed E-state index contributed by atoms with van der Waals surface area (Å²) < 4.78 is 19.4. The van der Waals surface area contributed by atoms with Gasteiger partial charge in [0.25, 0.3) is 0 Å². The standard InChI is InChI=1S/C10H9FN2O2/c1-15-9-3-2-7(6-8(9)11)13-5-4-12-10(13)14/h2-6H,1H3,(H,12,14). The van der Waals surface area contributed by atoms with Crippen LogP contribution in [0.5, 0.6) is 5.75 Å². The first-order valence-electron chi connectivity index (χ1n) is 4.32. The second-order valence-corrected chi connectivity index (χ2v) is 2.95. The maximum Gasteiger partial charge on any atom is 0.330 e. The lowest BCUT2D eigenvalue weighted by molar-refractivity contribution is 0.386. The summed E-state index contributed by atoms with van der Waals surface area (Å²) in [6.07, 6.45) is 3.02. The largest absolute Gasteiger partial charge is 0.494 e. The summed E-state index contributed by atoms with van der Waals surface area (Å²) in [6, 6.07) is 4.33. The molecule has 78 valence electrons. The molecule has 0 aliphatic carbocycles. The van der Waals surface area contributed by atoms with Crippen LogP contribution in [0.15, 0.2) is 35.4 Å². The van der Waals surface area contributed by atoms with E-state index in [1.165, 1.54) is 36.2 Å². The summed E-state index contributed by atoms with van der Waals surface area (Å²) in [5.41, 5.74) is 0.152. The average Bonchev–Trinajstić information content (AvgIpc) is 2.64. The molecule has 0 amide bonds. The Balaban J connectivity index is 2.52. The maximum absolute atomic E-state index is 13.3. The second-order valence-electron chi connectivity index (χ2n) is 2.95. The summed E-state index contributed by atoms with van der Waals surface area (Å²) in [4.78, 5) is 13.7. The van der Waals surface area contributed by atoms with Crippen molar-refractivity contribution in [2.24, 2.45) is 0 Å². The number of hydrogen-bond acceptors (Lipinski definition) is 2. The highest BCUT2D eigenvalue weighted by atomic mass is 19.1. The molecule has 1 heterocycles. The van der Waals surface area contributed by atoms with Gasteiger partial charge in [-0.3, -0.25) is 4.57 Å². The molecule has 1 aromatic carbocycles. The lowest BCUT2D eigenvalue weighted by Crippen LogP contribution is -2.14. The first-order chi connectivity index (χ1) is 7.22. The molecule has 0 spiro atoms. The number of imidazole rings is 1. The molecular formula is C10H9FN2O2. The number of aromatic nitrogens is 2. The molecular weight excluding hydrogens is 199 g/mol. The van der Waals surface area contributed by atoms with Crippen LogP contribution in [-0.4, -0.2) is 16.7 Å². The Hall–Kier alpha value is -2.04. The van der Waals surface area contributed by atoms with Crippen molar-refractivity contribution in [3.05, 3.63) is 46.9 Å². The van der Waals surface area contributed by atoms with E-state index >= 15 is 0 Å². The molecule has 1 N–H and O–H groups in total. The summed E-state index contributed by atoms with van der Waals surface area (Å²) in [5.74, 6) is -0.342. The molecule has 2 aromatic rings. The SMILES string of the molecule is COc1ccc(-n2cc[nH]c2=O)cc1F. The van der Waals surface area contributed by atoms with E-state index in [-0.39, 0.29) is 11.4 Å². The van der Waals surface area contributed by atoms with Crippen molar-refractivity contribution in [2.75, 3.05) is 7.11 Å². The lowest BCUT2D eigenvalue weighted by atomic mass is 10.3. The Bertz CT molecular complexity index is 530. The zero-order valence-electron chi connectivity index (χ0n) is 8.03. The van der Waals surface area contributed by atoms with Gasteiger partial charge in [-0.2, -0.15) is 0 Å². The van der Waals surface area contributed by atoms with Gasteiger partial charge in [0.05, 0.1) is 12.8 Å². The number of aromatic amines is 1. The highest BCUT2D eigenvalue weighted by molar-refractivity contribution is 5.38. The van der Waals surface area contributed by atoms with Crippen molar-refractivity contribution in [3.63, 3.8) is 0 Å². The smallest absolute Gasteiger partial charge is 0.330 e. The number of methoxy groups -OCH3 is 1. The number of ether oxygens (including phenoxy) is 1. The number of hydrogen-bond donors (Lipinski definition) is 1. The van der Waals surface area contributed by atoms with Crippen molar-refractivity contribution in [1.29, 1.82) is 0 Å². The highest BCUT2D eigenvalue weighted by Gasteiger charge is 2.05. The Morgan fingerprint density at radius 2 is 2.27 bits per heavy atom. The van der Waals surface area contributed by atoms with Crippen molar-refractivity contribution >= 4 is 0 Å². The van der Waals surface area contributed by atoms with Crippen LogP contribution in [0.1, 0.15) is 0 Å². The molecule has 15 heavy (non-hydrogen) atoms. The van der Waals surface area contributed by atoms with Crippen molar-refractivity contribution in [1.82, 2.24) is 9.55 Å². The average molecular weight is 208 g/mol. The van der Waals surface area contributed by atoms with Gasteiger partial charge in [-0.1, -0.05) is 0 Å². The fraction of sp³-hybridized carbons (Fsp3) is 0.100. The third kappa shape index (κ3) is 1.63. The molecule has 0 radical (unpaired) electrons. The van der Waals surface area contributed by atoms with Crippen molar-refractivity contribution in [2.45, 2.75) is 0 Å². The Kier molecular flexibility index (Phi) is 2.29. The van der Waals surface area contributed by atoms with Crippen LogP contribution < -0.4 is 10.4 Å². The van der Waals surface area contributed by atoms with E-state index in [0.717, 1.165) is 0 Å². The third-order valence-electron chi connectivity index (χ3n) is 2.06. The van der Waals surface area contributed by atoms with Crippen molar-refractivity contribution in [3.8, 4) is 11.4 Å².